The van der Waals surface area contributed by atoms with Gasteiger partial charge < -0.3 is 10.0 Å². The molecule has 0 spiro atoms. The molecule has 0 saturated heterocycles. The zero-order valence-corrected chi connectivity index (χ0v) is 11.6. The van der Waals surface area contributed by atoms with Crippen LogP contribution in [0.3, 0.4) is 0 Å². The van der Waals surface area contributed by atoms with E-state index in [1.807, 2.05) is 21.0 Å². The Morgan fingerprint density at radius 3 is 2.24 bits per heavy atom. The summed E-state index contributed by atoms with van der Waals surface area (Å²) in [5, 5.41) is 9.55. The van der Waals surface area contributed by atoms with Crippen LogP contribution in [-0.2, 0) is 4.79 Å². The van der Waals surface area contributed by atoms with Crippen molar-refractivity contribution in [2.24, 2.45) is 5.92 Å². The van der Waals surface area contributed by atoms with Gasteiger partial charge in [-0.05, 0) is 52.7 Å². The maximum atomic E-state index is 11.6. The second kappa shape index (κ2) is 5.83. The fourth-order valence-corrected chi connectivity index (χ4v) is 2.38. The van der Waals surface area contributed by atoms with Crippen LogP contribution in [0.4, 0.5) is 0 Å². The van der Waals surface area contributed by atoms with Crippen molar-refractivity contribution in [3.05, 3.63) is 0 Å². The predicted octanol–water partition coefficient (Wildman–Crippen LogP) is 1.51. The summed E-state index contributed by atoms with van der Waals surface area (Å²) in [7, 11) is 4.05. The largest absolute Gasteiger partial charge is 0.480 e. The Morgan fingerprint density at radius 2 is 1.88 bits per heavy atom. The number of hydrogen-bond acceptors (Lipinski definition) is 3. The Kier molecular flexibility index (Phi) is 4.95. The average molecular weight is 242 g/mol. The molecule has 0 aromatic rings. The zero-order chi connectivity index (χ0) is 13.1. The Balaban J connectivity index is 2.74. The molecular weight excluding hydrogens is 216 g/mol. The Labute approximate surface area is 105 Å². The van der Waals surface area contributed by atoms with Gasteiger partial charge in [-0.3, -0.25) is 9.69 Å². The van der Waals surface area contributed by atoms with Crippen LogP contribution in [0.1, 0.15) is 33.1 Å². The van der Waals surface area contributed by atoms with Crippen molar-refractivity contribution >= 4 is 5.97 Å². The number of carboxylic acid groups (broad SMARTS) is 1. The van der Waals surface area contributed by atoms with Crippen molar-refractivity contribution in [3.8, 4) is 0 Å². The van der Waals surface area contributed by atoms with Crippen molar-refractivity contribution in [3.63, 3.8) is 0 Å². The van der Waals surface area contributed by atoms with E-state index in [0.717, 1.165) is 38.9 Å². The van der Waals surface area contributed by atoms with Crippen molar-refractivity contribution < 1.29 is 9.90 Å². The van der Waals surface area contributed by atoms with Gasteiger partial charge in [-0.25, -0.2) is 0 Å². The summed E-state index contributed by atoms with van der Waals surface area (Å²) in [6.07, 6.45) is 3.12. The van der Waals surface area contributed by atoms with Crippen LogP contribution < -0.4 is 0 Å². The summed E-state index contributed by atoms with van der Waals surface area (Å²) in [5.74, 6) is -0.319. The molecule has 0 aromatic carbocycles. The van der Waals surface area contributed by atoms with Gasteiger partial charge in [0.05, 0.1) is 0 Å². The molecule has 1 saturated carbocycles. The van der Waals surface area contributed by atoms with E-state index < -0.39 is 11.5 Å². The van der Waals surface area contributed by atoms with Gasteiger partial charge in [0.2, 0.25) is 0 Å². The third-order valence-corrected chi connectivity index (χ3v) is 3.77. The third kappa shape index (κ3) is 3.42. The van der Waals surface area contributed by atoms with Crippen molar-refractivity contribution in [1.82, 2.24) is 9.80 Å². The van der Waals surface area contributed by atoms with E-state index in [1.165, 1.54) is 0 Å². The first kappa shape index (κ1) is 14.5. The monoisotopic (exact) mass is 242 g/mol. The molecule has 100 valence electrons. The molecule has 1 aliphatic carbocycles. The van der Waals surface area contributed by atoms with Gasteiger partial charge in [0.25, 0.3) is 0 Å². The molecule has 17 heavy (non-hydrogen) atoms. The first-order valence-corrected chi connectivity index (χ1v) is 6.56. The molecular formula is C13H26N2O2. The Morgan fingerprint density at radius 1 is 1.29 bits per heavy atom. The van der Waals surface area contributed by atoms with Crippen LogP contribution >= 0.6 is 0 Å². The zero-order valence-electron chi connectivity index (χ0n) is 11.6. The molecule has 0 bridgehead atoms. The Bertz CT molecular complexity index is 264. The number of carbonyl (C=O) groups is 1. The summed E-state index contributed by atoms with van der Waals surface area (Å²) in [6.45, 7) is 6.62. The lowest BCUT2D eigenvalue weighted by Crippen LogP contribution is -2.56. The fourth-order valence-electron chi connectivity index (χ4n) is 2.38. The molecule has 1 atom stereocenters. The lowest BCUT2D eigenvalue weighted by molar-refractivity contribution is -0.152. The lowest BCUT2D eigenvalue weighted by Gasteiger charge is -2.38. The molecule has 4 heteroatoms. The summed E-state index contributed by atoms with van der Waals surface area (Å²) in [4.78, 5) is 15.9. The van der Waals surface area contributed by atoms with Gasteiger partial charge in [0, 0.05) is 13.1 Å². The van der Waals surface area contributed by atoms with Gasteiger partial charge in [-0.1, -0.05) is 6.92 Å². The van der Waals surface area contributed by atoms with E-state index >= 15 is 0 Å². The minimum absolute atomic E-state index is 0.341. The molecule has 0 amide bonds. The number of rotatable bonds is 8. The minimum Gasteiger partial charge on any atom is -0.480 e. The van der Waals surface area contributed by atoms with Crippen LogP contribution in [0.5, 0.6) is 0 Å². The maximum Gasteiger partial charge on any atom is 0.324 e. The molecule has 0 aromatic heterocycles. The number of likely N-dealkylation sites (N-methyl/N-ethyl adjacent to an activating group) is 1. The number of carboxylic acids is 1. The first-order chi connectivity index (χ1) is 7.92. The van der Waals surface area contributed by atoms with Crippen LogP contribution in [0, 0.1) is 5.92 Å². The quantitative estimate of drug-likeness (QED) is 0.701. The van der Waals surface area contributed by atoms with Crippen molar-refractivity contribution in [1.29, 1.82) is 0 Å². The van der Waals surface area contributed by atoms with Gasteiger partial charge >= 0.3 is 5.97 Å². The fraction of sp³-hybridized carbons (Fsp3) is 0.923. The minimum atomic E-state index is -0.661. The van der Waals surface area contributed by atoms with Crippen molar-refractivity contribution in [2.75, 3.05) is 33.7 Å². The van der Waals surface area contributed by atoms with E-state index in [9.17, 15) is 9.90 Å². The van der Waals surface area contributed by atoms with E-state index in [2.05, 4.69) is 16.7 Å². The van der Waals surface area contributed by atoms with Crippen molar-refractivity contribution in [2.45, 2.75) is 38.6 Å². The smallest absolute Gasteiger partial charge is 0.324 e. The van der Waals surface area contributed by atoms with Crippen LogP contribution in [0.15, 0.2) is 0 Å². The highest BCUT2D eigenvalue weighted by molar-refractivity contribution is 5.79. The molecule has 1 N–H and O–H groups in total. The maximum absolute atomic E-state index is 11.6. The molecule has 0 heterocycles. The molecule has 0 radical (unpaired) electrons. The summed E-state index contributed by atoms with van der Waals surface area (Å²) < 4.78 is 0. The molecule has 1 rings (SSSR count). The summed E-state index contributed by atoms with van der Waals surface area (Å²) >= 11 is 0. The third-order valence-electron chi connectivity index (χ3n) is 3.77. The topological polar surface area (TPSA) is 43.8 Å². The molecule has 1 aliphatic rings. The lowest BCUT2D eigenvalue weighted by atomic mass is 9.93. The van der Waals surface area contributed by atoms with Crippen LogP contribution in [-0.4, -0.2) is 60.1 Å². The van der Waals surface area contributed by atoms with Gasteiger partial charge in [-0.15, -0.1) is 0 Å². The van der Waals surface area contributed by atoms with E-state index in [0.29, 0.717) is 5.92 Å². The van der Waals surface area contributed by atoms with Gasteiger partial charge in [0.1, 0.15) is 5.54 Å². The molecule has 1 unspecified atom stereocenters. The highest BCUT2D eigenvalue weighted by Gasteiger charge is 2.50. The van der Waals surface area contributed by atoms with E-state index in [-0.39, 0.29) is 0 Å². The standard InChI is InChI=1S/C13H26N2O2/c1-5-8-15(10-9-14(3)4)13(2,12(16)17)11-6-7-11/h11H,5-10H2,1-4H3,(H,16,17). The Hall–Kier alpha value is -0.610. The summed E-state index contributed by atoms with van der Waals surface area (Å²) in [6, 6.07) is 0. The SMILES string of the molecule is CCCN(CCN(C)C)C(C)(C(=O)O)C1CC1. The van der Waals surface area contributed by atoms with Crippen LogP contribution in [0.25, 0.3) is 0 Å². The first-order valence-electron chi connectivity index (χ1n) is 6.56. The second-order valence-corrected chi connectivity index (χ2v) is 5.52. The number of nitrogens with zero attached hydrogens (tertiary/aromatic N) is 2. The van der Waals surface area contributed by atoms with E-state index in [4.69, 9.17) is 0 Å². The van der Waals surface area contributed by atoms with Gasteiger partial charge in [-0.2, -0.15) is 0 Å². The summed E-state index contributed by atoms with van der Waals surface area (Å²) in [5.41, 5.74) is -0.661. The average Bonchev–Trinajstić information content (AvgIpc) is 3.06. The second-order valence-electron chi connectivity index (χ2n) is 5.52. The number of hydrogen-bond donors (Lipinski definition) is 1. The predicted molar refractivity (Wildman–Crippen MR) is 69.2 cm³/mol. The highest BCUT2D eigenvalue weighted by atomic mass is 16.4. The molecule has 4 nitrogen and oxygen atoms in total. The van der Waals surface area contributed by atoms with Gasteiger partial charge in [0.15, 0.2) is 0 Å². The normalized spacial score (nSPS) is 19.6. The van der Waals surface area contributed by atoms with E-state index in [1.54, 1.807) is 0 Å². The number of aliphatic carboxylic acids is 1. The highest BCUT2D eigenvalue weighted by Crippen LogP contribution is 2.43. The molecule has 1 fully saturated rings. The van der Waals surface area contributed by atoms with Crippen LogP contribution in [0.2, 0.25) is 0 Å². The molecule has 0 aliphatic heterocycles.